The summed E-state index contributed by atoms with van der Waals surface area (Å²) in [5.74, 6) is 0. The van der Waals surface area contributed by atoms with Crippen molar-refractivity contribution in [3.8, 4) is 0 Å². The van der Waals surface area contributed by atoms with Crippen LogP contribution in [-0.4, -0.2) is 64.9 Å². The summed E-state index contributed by atoms with van der Waals surface area (Å²) in [4.78, 5) is 19.1. The molecule has 2 aromatic rings. The molecule has 0 radical (unpaired) electrons. The smallest absolute Gasteiger partial charge is 0.344 e. The maximum Gasteiger partial charge on any atom is 0.344 e. The second kappa shape index (κ2) is 8.09. The molecule has 144 valence electrons. The van der Waals surface area contributed by atoms with E-state index in [-0.39, 0.29) is 6.03 Å². The van der Waals surface area contributed by atoms with E-state index in [2.05, 4.69) is 27.0 Å². The molecule has 27 heavy (non-hydrogen) atoms. The van der Waals surface area contributed by atoms with E-state index in [1.807, 2.05) is 11.0 Å². The van der Waals surface area contributed by atoms with Crippen LogP contribution in [0.15, 0.2) is 30.6 Å². The molecule has 4 rings (SSSR count). The lowest BCUT2D eigenvalue weighted by molar-refractivity contribution is 0.134. The Morgan fingerprint density at radius 2 is 1.74 bits per heavy atom. The van der Waals surface area contributed by atoms with Gasteiger partial charge in [0.1, 0.15) is 0 Å². The van der Waals surface area contributed by atoms with E-state index in [9.17, 15) is 4.79 Å². The summed E-state index contributed by atoms with van der Waals surface area (Å²) in [6, 6.07) is 6.08. The van der Waals surface area contributed by atoms with Crippen molar-refractivity contribution in [2.45, 2.75) is 19.4 Å². The quantitative estimate of drug-likeness (QED) is 0.779. The maximum absolute atomic E-state index is 12.5. The van der Waals surface area contributed by atoms with Gasteiger partial charge in [-0.3, -0.25) is 4.90 Å². The fraction of sp³-hybridized carbons (Fsp3) is 0.474. The van der Waals surface area contributed by atoms with Gasteiger partial charge in [0.15, 0.2) is 0 Å². The van der Waals surface area contributed by atoms with E-state index in [0.29, 0.717) is 18.1 Å². The highest BCUT2D eigenvalue weighted by Gasteiger charge is 2.24. The second-order valence-electron chi connectivity index (χ2n) is 7.12. The van der Waals surface area contributed by atoms with Crippen molar-refractivity contribution in [2.75, 3.05) is 44.2 Å². The molecule has 1 aromatic heterocycles. The number of benzene rings is 1. The van der Waals surface area contributed by atoms with Crippen LogP contribution in [0, 0.1) is 0 Å². The van der Waals surface area contributed by atoms with Crippen molar-refractivity contribution in [3.63, 3.8) is 0 Å². The van der Waals surface area contributed by atoms with Gasteiger partial charge in [0.25, 0.3) is 0 Å². The van der Waals surface area contributed by atoms with Gasteiger partial charge in [-0.2, -0.15) is 9.78 Å². The van der Waals surface area contributed by atoms with E-state index in [1.165, 1.54) is 35.0 Å². The van der Waals surface area contributed by atoms with Crippen LogP contribution in [0.1, 0.15) is 18.4 Å². The first-order valence-corrected chi connectivity index (χ1v) is 10.1. The third kappa shape index (κ3) is 4.23. The molecule has 2 aliphatic rings. The molecular formula is C19H23Cl2N5O. The molecule has 2 saturated heterocycles. The third-order valence-corrected chi connectivity index (χ3v) is 5.71. The Balaban J connectivity index is 1.39. The molecule has 6 nitrogen and oxygen atoms in total. The maximum atomic E-state index is 12.5. The number of anilines is 1. The molecule has 8 heteroatoms. The summed E-state index contributed by atoms with van der Waals surface area (Å²) in [6.07, 6.45) is 5.51. The monoisotopic (exact) mass is 407 g/mol. The van der Waals surface area contributed by atoms with Crippen LogP contribution in [0.5, 0.6) is 0 Å². The lowest BCUT2D eigenvalue weighted by Crippen LogP contribution is -2.49. The van der Waals surface area contributed by atoms with Gasteiger partial charge in [0, 0.05) is 56.5 Å². The average Bonchev–Trinajstić information content (AvgIpc) is 3.35. The van der Waals surface area contributed by atoms with E-state index < -0.39 is 0 Å². The average molecular weight is 408 g/mol. The minimum absolute atomic E-state index is 0.120. The predicted molar refractivity (Wildman–Crippen MR) is 108 cm³/mol. The van der Waals surface area contributed by atoms with Crippen molar-refractivity contribution < 1.29 is 4.79 Å². The summed E-state index contributed by atoms with van der Waals surface area (Å²) >= 11 is 12.1. The van der Waals surface area contributed by atoms with Gasteiger partial charge in [-0.05, 0) is 30.5 Å². The predicted octanol–water partition coefficient (Wildman–Crippen LogP) is 3.58. The minimum Gasteiger partial charge on any atom is -0.371 e. The Labute approximate surface area is 169 Å². The van der Waals surface area contributed by atoms with Crippen LogP contribution in [0.4, 0.5) is 10.5 Å². The van der Waals surface area contributed by atoms with Gasteiger partial charge in [0.2, 0.25) is 0 Å². The lowest BCUT2D eigenvalue weighted by atomic mass is 10.1. The van der Waals surface area contributed by atoms with Crippen LogP contribution in [0.2, 0.25) is 10.0 Å². The van der Waals surface area contributed by atoms with Crippen molar-refractivity contribution in [1.29, 1.82) is 0 Å². The number of hydrogen-bond acceptors (Lipinski definition) is 4. The SMILES string of the molecule is O=C(N1CCN(Cc2ccc(Cl)cc2N2CCCC2)CC1)n1cc(Cl)cn1. The van der Waals surface area contributed by atoms with Gasteiger partial charge < -0.3 is 9.80 Å². The Morgan fingerprint density at radius 1 is 1.00 bits per heavy atom. The molecule has 0 bridgehead atoms. The Hall–Kier alpha value is -1.76. The van der Waals surface area contributed by atoms with Gasteiger partial charge in [0.05, 0.1) is 17.4 Å². The largest absolute Gasteiger partial charge is 0.371 e. The number of halogens is 2. The standard InChI is InChI=1S/C19H23Cl2N5O/c20-16-4-3-15(18(11-16)24-5-1-2-6-24)13-23-7-9-25(10-8-23)19(27)26-14-17(21)12-22-26/h3-4,11-12,14H,1-2,5-10,13H2. The molecule has 3 heterocycles. The van der Waals surface area contributed by atoms with E-state index >= 15 is 0 Å². The summed E-state index contributed by atoms with van der Waals surface area (Å²) in [7, 11) is 0. The van der Waals surface area contributed by atoms with Gasteiger partial charge in [-0.1, -0.05) is 29.3 Å². The van der Waals surface area contributed by atoms with Crippen LogP contribution in [-0.2, 0) is 6.54 Å². The normalized spacial score (nSPS) is 18.3. The molecule has 2 fully saturated rings. The molecule has 2 aliphatic heterocycles. The second-order valence-corrected chi connectivity index (χ2v) is 7.99. The van der Waals surface area contributed by atoms with Crippen molar-refractivity contribution in [1.82, 2.24) is 19.6 Å². The number of amides is 1. The summed E-state index contributed by atoms with van der Waals surface area (Å²) in [5.41, 5.74) is 2.56. The molecule has 0 spiro atoms. The number of carbonyl (C=O) groups excluding carboxylic acids is 1. The first-order chi connectivity index (χ1) is 13.1. The zero-order valence-corrected chi connectivity index (χ0v) is 16.7. The lowest BCUT2D eigenvalue weighted by Gasteiger charge is -2.35. The minimum atomic E-state index is -0.120. The van der Waals surface area contributed by atoms with Crippen molar-refractivity contribution in [3.05, 3.63) is 46.2 Å². The van der Waals surface area contributed by atoms with Crippen LogP contribution in [0.3, 0.4) is 0 Å². The van der Waals surface area contributed by atoms with E-state index in [1.54, 1.807) is 6.20 Å². The molecule has 0 aliphatic carbocycles. The molecule has 1 amide bonds. The zero-order valence-electron chi connectivity index (χ0n) is 15.2. The first kappa shape index (κ1) is 18.6. The van der Waals surface area contributed by atoms with Crippen LogP contribution < -0.4 is 4.90 Å². The Bertz CT molecular complexity index is 810. The van der Waals surface area contributed by atoms with Gasteiger partial charge in [-0.25, -0.2) is 4.79 Å². The molecule has 0 atom stereocenters. The van der Waals surface area contributed by atoms with E-state index in [4.69, 9.17) is 23.2 Å². The third-order valence-electron chi connectivity index (χ3n) is 5.28. The van der Waals surface area contributed by atoms with Gasteiger partial charge in [-0.15, -0.1) is 0 Å². The summed E-state index contributed by atoms with van der Waals surface area (Å²) in [5, 5.41) is 5.26. The molecule has 0 N–H and O–H groups in total. The summed E-state index contributed by atoms with van der Waals surface area (Å²) < 4.78 is 1.31. The first-order valence-electron chi connectivity index (χ1n) is 9.35. The van der Waals surface area contributed by atoms with E-state index in [0.717, 1.165) is 37.7 Å². The van der Waals surface area contributed by atoms with Crippen molar-refractivity contribution >= 4 is 34.9 Å². The number of rotatable bonds is 3. The van der Waals surface area contributed by atoms with Gasteiger partial charge >= 0.3 is 6.03 Å². The topological polar surface area (TPSA) is 44.6 Å². The highest BCUT2D eigenvalue weighted by atomic mass is 35.5. The van der Waals surface area contributed by atoms with Crippen molar-refractivity contribution in [2.24, 2.45) is 0 Å². The number of aromatic nitrogens is 2. The number of nitrogens with zero attached hydrogens (tertiary/aromatic N) is 5. The fourth-order valence-electron chi connectivity index (χ4n) is 3.81. The zero-order chi connectivity index (χ0) is 18.8. The van der Waals surface area contributed by atoms with Crippen LogP contribution >= 0.6 is 23.2 Å². The number of hydrogen-bond donors (Lipinski definition) is 0. The molecular weight excluding hydrogens is 385 g/mol. The fourth-order valence-corrected chi connectivity index (χ4v) is 4.11. The summed E-state index contributed by atoms with van der Waals surface area (Å²) in [6.45, 7) is 6.11. The number of carbonyl (C=O) groups is 1. The van der Waals surface area contributed by atoms with Crippen LogP contribution in [0.25, 0.3) is 0 Å². The molecule has 0 saturated carbocycles. The molecule has 0 unspecified atom stereocenters. The highest BCUT2D eigenvalue weighted by molar-refractivity contribution is 6.31. The Kier molecular flexibility index (Phi) is 5.57. The number of piperazine rings is 1. The highest BCUT2D eigenvalue weighted by Crippen LogP contribution is 2.29. The Morgan fingerprint density at radius 3 is 2.41 bits per heavy atom. The molecule has 1 aromatic carbocycles.